The molecule has 0 aromatic heterocycles. The van der Waals surface area contributed by atoms with Crippen molar-refractivity contribution in [2.45, 2.75) is 61.3 Å². The van der Waals surface area contributed by atoms with Gasteiger partial charge in [-0.3, -0.25) is 4.79 Å². The van der Waals surface area contributed by atoms with E-state index < -0.39 is 35.3 Å². The molecular formula is C29H32O6S. The van der Waals surface area contributed by atoms with E-state index in [2.05, 4.69) is 0 Å². The minimum atomic E-state index is -1.54. The van der Waals surface area contributed by atoms with E-state index in [9.17, 15) is 9.90 Å². The van der Waals surface area contributed by atoms with Crippen molar-refractivity contribution in [2.24, 2.45) is 0 Å². The van der Waals surface area contributed by atoms with E-state index in [1.165, 1.54) is 18.7 Å². The fraction of sp³-hybridized carbons (Fsp3) is 0.345. The maximum absolute atomic E-state index is 12.1. The van der Waals surface area contributed by atoms with Crippen LogP contribution >= 0.6 is 11.8 Å². The summed E-state index contributed by atoms with van der Waals surface area (Å²) in [5.74, 6) is -0.497. The maximum Gasteiger partial charge on any atom is 0.303 e. The largest absolute Gasteiger partial charge is 0.456 e. The third-order valence-electron chi connectivity index (χ3n) is 6.05. The van der Waals surface area contributed by atoms with Crippen LogP contribution in [0.4, 0.5) is 0 Å². The molecule has 3 aromatic carbocycles. The van der Waals surface area contributed by atoms with E-state index in [1.54, 1.807) is 6.92 Å². The molecule has 1 aliphatic heterocycles. The quantitative estimate of drug-likeness (QED) is 0.387. The number of rotatable bonds is 10. The molecule has 1 heterocycles. The molecule has 3 aromatic rings. The number of ether oxygens (including phenoxy) is 4. The van der Waals surface area contributed by atoms with Gasteiger partial charge >= 0.3 is 5.97 Å². The summed E-state index contributed by atoms with van der Waals surface area (Å²) in [6.07, 6.45) is -2.43. The second kappa shape index (κ2) is 12.5. The molecule has 1 aliphatic rings. The van der Waals surface area contributed by atoms with Crippen LogP contribution in [0.25, 0.3) is 0 Å². The van der Waals surface area contributed by atoms with Gasteiger partial charge in [0, 0.05) is 11.8 Å². The smallest absolute Gasteiger partial charge is 0.303 e. The molecule has 4 rings (SSSR count). The summed E-state index contributed by atoms with van der Waals surface area (Å²) in [7, 11) is 0. The van der Waals surface area contributed by atoms with E-state index in [0.29, 0.717) is 6.61 Å². The molecule has 0 aliphatic carbocycles. The molecular weight excluding hydrogens is 476 g/mol. The van der Waals surface area contributed by atoms with Crippen LogP contribution in [0.15, 0.2) is 95.9 Å². The monoisotopic (exact) mass is 508 g/mol. The second-order valence-corrected chi connectivity index (χ2v) is 10.1. The molecule has 1 N–H and O–H groups in total. The Hall–Kier alpha value is -2.68. The molecule has 36 heavy (non-hydrogen) atoms. The van der Waals surface area contributed by atoms with Crippen molar-refractivity contribution in [1.82, 2.24) is 0 Å². The Morgan fingerprint density at radius 1 is 0.917 bits per heavy atom. The third-order valence-corrected chi connectivity index (χ3v) is 7.20. The Kier molecular flexibility index (Phi) is 9.18. The molecule has 0 spiro atoms. The van der Waals surface area contributed by atoms with E-state index in [-0.39, 0.29) is 13.2 Å². The number of hydrogen-bond acceptors (Lipinski definition) is 7. The lowest BCUT2D eigenvalue weighted by molar-refractivity contribution is -0.270. The zero-order valence-corrected chi connectivity index (χ0v) is 21.3. The van der Waals surface area contributed by atoms with Gasteiger partial charge in [0.2, 0.25) is 0 Å². The second-order valence-electron chi connectivity index (χ2n) is 8.94. The van der Waals surface area contributed by atoms with Gasteiger partial charge in [0.25, 0.3) is 0 Å². The Bertz CT molecular complexity index is 1080. The van der Waals surface area contributed by atoms with Gasteiger partial charge in [-0.1, -0.05) is 90.6 Å². The first-order valence-corrected chi connectivity index (χ1v) is 12.9. The zero-order chi connectivity index (χ0) is 25.4. The summed E-state index contributed by atoms with van der Waals surface area (Å²) in [6, 6.07) is 29.3. The molecule has 0 saturated carbocycles. The fourth-order valence-corrected chi connectivity index (χ4v) is 5.26. The third kappa shape index (κ3) is 6.96. The number of esters is 1. The standard InChI is InChI=1S/C29H32O6S/c1-21(30)34-27-26(33-19-23-14-8-4-9-15-23)28(36-24-16-10-5-11-17-24)35-25(29(27,2)31)20-32-18-22-12-6-3-7-13-22/h3-17,25-28,31H,18-20H2,1-2H3/t25-,26-,27-,28+,29-/m1/s1. The number of aliphatic hydroxyl groups is 1. The van der Waals surface area contributed by atoms with Crippen LogP contribution in [0.2, 0.25) is 0 Å². The van der Waals surface area contributed by atoms with E-state index in [1.807, 2.05) is 91.0 Å². The number of carbonyl (C=O) groups is 1. The lowest BCUT2D eigenvalue weighted by Gasteiger charge is -2.49. The minimum Gasteiger partial charge on any atom is -0.456 e. The Balaban J connectivity index is 1.57. The van der Waals surface area contributed by atoms with Crippen LogP contribution in [-0.2, 0) is 37.0 Å². The first-order valence-electron chi connectivity index (χ1n) is 12.0. The molecule has 0 radical (unpaired) electrons. The molecule has 0 amide bonds. The summed E-state index contributed by atoms with van der Waals surface area (Å²) in [4.78, 5) is 13.1. The van der Waals surface area contributed by atoms with Gasteiger partial charge in [-0.05, 0) is 30.2 Å². The van der Waals surface area contributed by atoms with Crippen LogP contribution in [0.1, 0.15) is 25.0 Å². The van der Waals surface area contributed by atoms with Crippen LogP contribution in [0, 0.1) is 0 Å². The Labute approximate surface area is 216 Å². The summed E-state index contributed by atoms with van der Waals surface area (Å²) in [5, 5.41) is 11.6. The van der Waals surface area contributed by atoms with Gasteiger partial charge in [0.1, 0.15) is 23.2 Å². The predicted molar refractivity (Wildman–Crippen MR) is 138 cm³/mol. The minimum absolute atomic E-state index is 0.122. The average Bonchev–Trinajstić information content (AvgIpc) is 2.88. The number of thioether (sulfide) groups is 1. The molecule has 190 valence electrons. The average molecular weight is 509 g/mol. The summed E-state index contributed by atoms with van der Waals surface area (Å²) < 4.78 is 24.4. The Morgan fingerprint density at radius 2 is 1.47 bits per heavy atom. The molecule has 6 nitrogen and oxygen atoms in total. The van der Waals surface area contributed by atoms with Gasteiger partial charge in [-0.2, -0.15) is 0 Å². The lowest BCUT2D eigenvalue weighted by Crippen LogP contribution is -2.66. The van der Waals surface area contributed by atoms with Gasteiger partial charge in [-0.25, -0.2) is 0 Å². The van der Waals surface area contributed by atoms with Crippen molar-refractivity contribution in [1.29, 1.82) is 0 Å². The van der Waals surface area contributed by atoms with Crippen LogP contribution < -0.4 is 0 Å². The van der Waals surface area contributed by atoms with E-state index in [0.717, 1.165) is 16.0 Å². The summed E-state index contributed by atoms with van der Waals surface area (Å²) in [5.41, 5.74) is -0.109. The zero-order valence-electron chi connectivity index (χ0n) is 20.5. The van der Waals surface area contributed by atoms with E-state index in [4.69, 9.17) is 18.9 Å². The van der Waals surface area contributed by atoms with Gasteiger partial charge in [0.05, 0.1) is 19.8 Å². The summed E-state index contributed by atoms with van der Waals surface area (Å²) >= 11 is 1.47. The molecule has 1 saturated heterocycles. The molecule has 1 fully saturated rings. The van der Waals surface area contributed by atoms with E-state index >= 15 is 0 Å². The van der Waals surface area contributed by atoms with Crippen LogP contribution in [-0.4, -0.2) is 47.0 Å². The number of hydrogen-bond donors (Lipinski definition) is 1. The number of carbonyl (C=O) groups excluding carboxylic acids is 1. The molecule has 5 atom stereocenters. The highest BCUT2D eigenvalue weighted by Crippen LogP contribution is 2.40. The molecule has 0 bridgehead atoms. The van der Waals surface area contributed by atoms with Gasteiger partial charge < -0.3 is 24.1 Å². The highest BCUT2D eigenvalue weighted by Gasteiger charge is 2.55. The normalized spacial score (nSPS) is 25.9. The summed E-state index contributed by atoms with van der Waals surface area (Å²) in [6.45, 7) is 3.72. The van der Waals surface area contributed by atoms with Crippen molar-refractivity contribution in [3.8, 4) is 0 Å². The van der Waals surface area contributed by atoms with Crippen molar-refractivity contribution in [3.05, 3.63) is 102 Å². The van der Waals surface area contributed by atoms with Crippen molar-refractivity contribution >= 4 is 17.7 Å². The lowest BCUT2D eigenvalue weighted by atomic mass is 9.86. The van der Waals surface area contributed by atoms with Crippen molar-refractivity contribution < 1.29 is 28.8 Å². The maximum atomic E-state index is 12.1. The molecule has 7 heteroatoms. The highest BCUT2D eigenvalue weighted by atomic mass is 32.2. The topological polar surface area (TPSA) is 74.2 Å². The fourth-order valence-electron chi connectivity index (χ4n) is 4.13. The Morgan fingerprint density at radius 3 is 2.06 bits per heavy atom. The first-order chi connectivity index (χ1) is 17.4. The van der Waals surface area contributed by atoms with Crippen LogP contribution in [0.5, 0.6) is 0 Å². The first kappa shape index (κ1) is 26.4. The number of benzene rings is 3. The predicted octanol–water partition coefficient (Wildman–Crippen LogP) is 4.99. The van der Waals surface area contributed by atoms with Crippen LogP contribution in [0.3, 0.4) is 0 Å². The highest BCUT2D eigenvalue weighted by molar-refractivity contribution is 7.99. The van der Waals surface area contributed by atoms with Crippen molar-refractivity contribution in [3.63, 3.8) is 0 Å². The van der Waals surface area contributed by atoms with Crippen molar-refractivity contribution in [2.75, 3.05) is 6.61 Å². The molecule has 0 unspecified atom stereocenters. The SMILES string of the molecule is CC(=O)O[C@@H]1[C@@H](OCc2ccccc2)[C@H](Sc2ccccc2)O[C@H](COCc2ccccc2)[C@@]1(C)O. The van der Waals surface area contributed by atoms with Gasteiger partial charge in [0.15, 0.2) is 6.10 Å². The van der Waals surface area contributed by atoms with Gasteiger partial charge in [-0.15, -0.1) is 0 Å².